The lowest BCUT2D eigenvalue weighted by Crippen LogP contribution is -2.41. The number of nitrogens with zero attached hydrogens (tertiary/aromatic N) is 2. The normalized spacial score (nSPS) is 16.1. The van der Waals surface area contributed by atoms with Crippen molar-refractivity contribution in [3.63, 3.8) is 0 Å². The van der Waals surface area contributed by atoms with Crippen LogP contribution in [-0.2, 0) is 21.4 Å². The standard InChI is InChI=1S/C19H22ClN3O4S/c1-14-8-11-23(12-9-14)28(26,27)17-7-4-10-22(19(17)25)13-18(24)21-16-6-3-2-5-15(16)20/h2-7,10,14H,8-9,11-13H2,1H3,(H,21,24). The molecular formula is C19H22ClN3O4S. The Morgan fingerprint density at radius 3 is 2.54 bits per heavy atom. The van der Waals surface area contributed by atoms with Crippen LogP contribution in [0.4, 0.5) is 5.69 Å². The summed E-state index contributed by atoms with van der Waals surface area (Å²) in [4.78, 5) is 24.7. The Hall–Kier alpha value is -2.16. The van der Waals surface area contributed by atoms with E-state index in [0.717, 1.165) is 17.4 Å². The number of aromatic nitrogens is 1. The van der Waals surface area contributed by atoms with Crippen LogP contribution < -0.4 is 10.9 Å². The minimum absolute atomic E-state index is 0.310. The number of anilines is 1. The molecule has 0 unspecified atom stereocenters. The third-order valence-corrected chi connectivity index (χ3v) is 7.05. The van der Waals surface area contributed by atoms with Gasteiger partial charge in [0.15, 0.2) is 0 Å². The Labute approximate surface area is 169 Å². The third-order valence-electron chi connectivity index (χ3n) is 4.81. The van der Waals surface area contributed by atoms with E-state index in [9.17, 15) is 18.0 Å². The number of nitrogens with one attached hydrogen (secondary N) is 1. The third kappa shape index (κ3) is 4.45. The van der Waals surface area contributed by atoms with E-state index in [1.54, 1.807) is 24.3 Å². The molecule has 2 heterocycles. The van der Waals surface area contributed by atoms with E-state index in [1.165, 1.54) is 22.6 Å². The molecule has 0 atom stereocenters. The van der Waals surface area contributed by atoms with Crippen molar-refractivity contribution >= 4 is 33.2 Å². The van der Waals surface area contributed by atoms with Crippen LogP contribution in [0.15, 0.2) is 52.3 Å². The lowest BCUT2D eigenvalue weighted by Gasteiger charge is -2.29. The topological polar surface area (TPSA) is 88.5 Å². The fraction of sp³-hybridized carbons (Fsp3) is 0.368. The summed E-state index contributed by atoms with van der Waals surface area (Å²) in [5.74, 6) is -0.0102. The van der Waals surface area contributed by atoms with Crippen LogP contribution in [0, 0.1) is 5.92 Å². The van der Waals surface area contributed by atoms with Gasteiger partial charge >= 0.3 is 0 Å². The van der Waals surface area contributed by atoms with E-state index in [2.05, 4.69) is 12.2 Å². The molecule has 1 saturated heterocycles. The first-order valence-corrected chi connectivity index (χ1v) is 10.8. The second-order valence-electron chi connectivity index (χ2n) is 6.92. The summed E-state index contributed by atoms with van der Waals surface area (Å²) in [6.07, 6.45) is 2.92. The Morgan fingerprint density at radius 2 is 1.86 bits per heavy atom. The lowest BCUT2D eigenvalue weighted by molar-refractivity contribution is -0.116. The SMILES string of the molecule is CC1CCN(S(=O)(=O)c2cccn(CC(=O)Nc3ccccc3Cl)c2=O)CC1. The highest BCUT2D eigenvalue weighted by molar-refractivity contribution is 7.89. The number of benzene rings is 1. The van der Waals surface area contributed by atoms with Crippen molar-refractivity contribution in [3.05, 3.63) is 58.0 Å². The lowest BCUT2D eigenvalue weighted by atomic mass is 10.0. The molecular weight excluding hydrogens is 402 g/mol. The van der Waals surface area contributed by atoms with Gasteiger partial charge in [-0.3, -0.25) is 9.59 Å². The fourth-order valence-electron chi connectivity index (χ4n) is 3.11. The number of rotatable bonds is 5. The van der Waals surface area contributed by atoms with Crippen LogP contribution in [0.2, 0.25) is 5.02 Å². The maximum atomic E-state index is 12.9. The van der Waals surface area contributed by atoms with Gasteiger partial charge in [-0.25, -0.2) is 8.42 Å². The number of pyridine rings is 1. The first kappa shape index (κ1) is 20.6. The number of sulfonamides is 1. The predicted octanol–water partition coefficient (Wildman–Crippen LogP) is 2.56. The van der Waals surface area contributed by atoms with Crippen molar-refractivity contribution in [2.45, 2.75) is 31.2 Å². The number of amides is 1. The summed E-state index contributed by atoms with van der Waals surface area (Å²) in [6, 6.07) is 9.48. The summed E-state index contributed by atoms with van der Waals surface area (Å²) in [6.45, 7) is 2.55. The monoisotopic (exact) mass is 423 g/mol. The van der Waals surface area contributed by atoms with Crippen LogP contribution in [0.5, 0.6) is 0 Å². The smallest absolute Gasteiger partial charge is 0.271 e. The molecule has 3 rings (SSSR count). The molecule has 1 aliphatic rings. The maximum absolute atomic E-state index is 12.9. The first-order valence-electron chi connectivity index (χ1n) is 9.03. The summed E-state index contributed by atoms with van der Waals surface area (Å²) < 4.78 is 28.2. The van der Waals surface area contributed by atoms with Crippen LogP contribution in [0.1, 0.15) is 19.8 Å². The molecule has 150 valence electrons. The number of carbonyl (C=O) groups is 1. The van der Waals surface area contributed by atoms with Crippen LogP contribution in [-0.4, -0.2) is 36.3 Å². The van der Waals surface area contributed by atoms with Gasteiger partial charge in [-0.1, -0.05) is 30.7 Å². The van der Waals surface area contributed by atoms with Gasteiger partial charge in [0.05, 0.1) is 10.7 Å². The molecule has 1 aromatic heterocycles. The fourth-order valence-corrected chi connectivity index (χ4v) is 4.85. The molecule has 0 saturated carbocycles. The van der Waals surface area contributed by atoms with Crippen molar-refractivity contribution in [1.29, 1.82) is 0 Å². The highest BCUT2D eigenvalue weighted by Crippen LogP contribution is 2.22. The maximum Gasteiger partial charge on any atom is 0.271 e. The average Bonchev–Trinajstić information content (AvgIpc) is 2.65. The Bertz CT molecular complexity index is 1030. The average molecular weight is 424 g/mol. The van der Waals surface area contributed by atoms with Gasteiger partial charge in [-0.2, -0.15) is 4.31 Å². The summed E-state index contributed by atoms with van der Waals surface area (Å²) in [7, 11) is -3.89. The summed E-state index contributed by atoms with van der Waals surface area (Å²) >= 11 is 6.02. The molecule has 0 radical (unpaired) electrons. The van der Waals surface area contributed by atoms with Gasteiger partial charge in [0, 0.05) is 19.3 Å². The molecule has 1 N–H and O–H groups in total. The molecule has 1 aliphatic heterocycles. The number of hydrogen-bond acceptors (Lipinski definition) is 4. The van der Waals surface area contributed by atoms with E-state index >= 15 is 0 Å². The predicted molar refractivity (Wildman–Crippen MR) is 108 cm³/mol. The first-order chi connectivity index (χ1) is 13.3. The van der Waals surface area contributed by atoms with Crippen molar-refractivity contribution in [3.8, 4) is 0 Å². The minimum Gasteiger partial charge on any atom is -0.323 e. The zero-order valence-corrected chi connectivity index (χ0v) is 17.0. The van der Waals surface area contributed by atoms with Gasteiger partial charge < -0.3 is 9.88 Å². The molecule has 28 heavy (non-hydrogen) atoms. The van der Waals surface area contributed by atoms with E-state index < -0.39 is 21.5 Å². The van der Waals surface area contributed by atoms with Crippen LogP contribution >= 0.6 is 11.6 Å². The Balaban J connectivity index is 1.80. The molecule has 1 aromatic carbocycles. The van der Waals surface area contributed by atoms with Gasteiger partial charge in [0.25, 0.3) is 5.56 Å². The second-order valence-corrected chi connectivity index (χ2v) is 9.23. The summed E-state index contributed by atoms with van der Waals surface area (Å²) in [5, 5.41) is 3.00. The number of hydrogen-bond donors (Lipinski definition) is 1. The van der Waals surface area contributed by atoms with Crippen molar-refractivity contribution < 1.29 is 13.2 Å². The zero-order chi connectivity index (χ0) is 20.3. The van der Waals surface area contributed by atoms with E-state index in [0.29, 0.717) is 29.7 Å². The quantitative estimate of drug-likeness (QED) is 0.800. The summed E-state index contributed by atoms with van der Waals surface area (Å²) in [5.41, 5.74) is -0.288. The van der Waals surface area contributed by atoms with Crippen molar-refractivity contribution in [2.75, 3.05) is 18.4 Å². The minimum atomic E-state index is -3.89. The van der Waals surface area contributed by atoms with Gasteiger partial charge in [-0.15, -0.1) is 0 Å². The number of carbonyl (C=O) groups excluding carboxylic acids is 1. The molecule has 2 aromatic rings. The Morgan fingerprint density at radius 1 is 1.18 bits per heavy atom. The zero-order valence-electron chi connectivity index (χ0n) is 15.5. The Kier molecular flexibility index (Phi) is 6.22. The molecule has 7 nitrogen and oxygen atoms in total. The molecule has 0 spiro atoms. The molecule has 9 heteroatoms. The van der Waals surface area contributed by atoms with Crippen LogP contribution in [0.3, 0.4) is 0 Å². The second kappa shape index (κ2) is 8.46. The van der Waals surface area contributed by atoms with Crippen molar-refractivity contribution in [1.82, 2.24) is 8.87 Å². The number of halogens is 1. The highest BCUT2D eigenvalue weighted by atomic mass is 35.5. The number of para-hydroxylation sites is 1. The molecule has 0 aliphatic carbocycles. The molecule has 1 fully saturated rings. The van der Waals surface area contributed by atoms with Crippen LogP contribution in [0.25, 0.3) is 0 Å². The van der Waals surface area contributed by atoms with Gasteiger partial charge in [-0.05, 0) is 43.0 Å². The largest absolute Gasteiger partial charge is 0.323 e. The molecule has 0 bridgehead atoms. The van der Waals surface area contributed by atoms with Gasteiger partial charge in [0.1, 0.15) is 11.4 Å². The van der Waals surface area contributed by atoms with E-state index in [4.69, 9.17) is 11.6 Å². The number of piperidine rings is 1. The highest BCUT2D eigenvalue weighted by Gasteiger charge is 2.30. The van der Waals surface area contributed by atoms with Gasteiger partial charge in [0.2, 0.25) is 15.9 Å². The van der Waals surface area contributed by atoms with Crippen molar-refractivity contribution in [2.24, 2.45) is 5.92 Å². The van der Waals surface area contributed by atoms with E-state index in [-0.39, 0.29) is 11.4 Å². The molecule has 1 amide bonds. The van der Waals surface area contributed by atoms with E-state index in [1.807, 2.05) is 0 Å².